The molecule has 2 aromatic carbocycles. The third-order valence-electron chi connectivity index (χ3n) is 4.01. The molecule has 0 atom stereocenters. The van der Waals surface area contributed by atoms with Crippen molar-refractivity contribution in [3.05, 3.63) is 57.3 Å². The van der Waals surface area contributed by atoms with Crippen molar-refractivity contribution in [2.45, 2.75) is 18.4 Å². The predicted molar refractivity (Wildman–Crippen MR) is 110 cm³/mol. The third-order valence-corrected chi connectivity index (χ3v) is 6.28. The topological polar surface area (TPSA) is 43.6 Å². The fourth-order valence-electron chi connectivity index (χ4n) is 2.70. The molecule has 1 aromatic heterocycles. The van der Waals surface area contributed by atoms with E-state index in [0.29, 0.717) is 28.5 Å². The summed E-state index contributed by atoms with van der Waals surface area (Å²) in [5, 5.41) is 0.667. The minimum atomic E-state index is -0.257. The fraction of sp³-hybridized carbons (Fsp3) is 0.263. The number of carbonyl (C=O) groups excluding carboxylic acids is 1. The Bertz CT molecular complexity index is 1020. The maximum Gasteiger partial charge on any atom is 0.279 e. The summed E-state index contributed by atoms with van der Waals surface area (Å²) < 4.78 is 8.18. The van der Waals surface area contributed by atoms with Crippen LogP contribution in [0.25, 0.3) is 10.2 Å². The van der Waals surface area contributed by atoms with E-state index in [1.165, 1.54) is 11.3 Å². The summed E-state index contributed by atoms with van der Waals surface area (Å²) in [7, 11) is 1.66. The van der Waals surface area contributed by atoms with Gasteiger partial charge in [-0.05, 0) is 43.0 Å². The number of methoxy groups -OCH3 is 1. The molecular formula is C19H19ClN2O2S2. The monoisotopic (exact) mass is 406 g/mol. The summed E-state index contributed by atoms with van der Waals surface area (Å²) in [6.07, 6.45) is 1.98. The lowest BCUT2D eigenvalue weighted by Crippen LogP contribution is -2.19. The molecular weight excluding hydrogens is 388 g/mol. The molecule has 0 unspecified atom stereocenters. The first kappa shape index (κ1) is 19.2. The van der Waals surface area contributed by atoms with Gasteiger partial charge in [0, 0.05) is 24.1 Å². The first-order chi connectivity index (χ1) is 12.5. The Morgan fingerprint density at radius 2 is 2.15 bits per heavy atom. The van der Waals surface area contributed by atoms with E-state index in [1.54, 1.807) is 24.9 Å². The Labute approximate surface area is 165 Å². The van der Waals surface area contributed by atoms with Crippen molar-refractivity contribution in [2.24, 2.45) is 4.99 Å². The zero-order valence-corrected chi connectivity index (χ0v) is 17.2. The lowest BCUT2D eigenvalue weighted by atomic mass is 10.2. The second-order valence-electron chi connectivity index (χ2n) is 5.72. The summed E-state index contributed by atoms with van der Waals surface area (Å²) in [4.78, 5) is 18.8. The average Bonchev–Trinajstić information content (AvgIpc) is 3.02. The van der Waals surface area contributed by atoms with Crippen LogP contribution in [0.4, 0.5) is 0 Å². The summed E-state index contributed by atoms with van der Waals surface area (Å²) in [5.41, 5.74) is 2.68. The van der Waals surface area contributed by atoms with Crippen molar-refractivity contribution < 1.29 is 9.53 Å². The molecule has 26 heavy (non-hydrogen) atoms. The SMILES string of the molecule is COCCn1c(=NC(=O)c2cccc(SC)c2)sc2c(Cl)ccc(C)c21. The van der Waals surface area contributed by atoms with Crippen LogP contribution in [-0.4, -0.2) is 30.4 Å². The molecule has 0 N–H and O–H groups in total. The van der Waals surface area contributed by atoms with Crippen LogP contribution < -0.4 is 4.80 Å². The molecule has 7 heteroatoms. The van der Waals surface area contributed by atoms with Gasteiger partial charge in [-0.3, -0.25) is 4.79 Å². The molecule has 0 aliphatic heterocycles. The van der Waals surface area contributed by atoms with Crippen LogP contribution in [0.15, 0.2) is 46.3 Å². The quantitative estimate of drug-likeness (QED) is 0.573. The van der Waals surface area contributed by atoms with E-state index in [9.17, 15) is 4.79 Å². The number of halogens is 1. The highest BCUT2D eigenvalue weighted by Crippen LogP contribution is 2.29. The fourth-order valence-corrected chi connectivity index (χ4v) is 4.57. The number of thiazole rings is 1. The number of nitrogens with zero attached hydrogens (tertiary/aromatic N) is 2. The summed E-state index contributed by atoms with van der Waals surface area (Å²) in [6.45, 7) is 3.16. The maximum atomic E-state index is 12.7. The lowest BCUT2D eigenvalue weighted by molar-refractivity contribution is 0.0997. The van der Waals surface area contributed by atoms with Gasteiger partial charge in [-0.1, -0.05) is 35.1 Å². The molecule has 0 radical (unpaired) electrons. The van der Waals surface area contributed by atoms with Crippen molar-refractivity contribution in [3.63, 3.8) is 0 Å². The zero-order chi connectivity index (χ0) is 18.7. The number of aryl methyl sites for hydroxylation is 1. The van der Waals surface area contributed by atoms with Gasteiger partial charge in [-0.2, -0.15) is 4.99 Å². The van der Waals surface area contributed by atoms with Crippen LogP contribution in [0.2, 0.25) is 5.02 Å². The van der Waals surface area contributed by atoms with Gasteiger partial charge >= 0.3 is 0 Å². The number of hydrogen-bond donors (Lipinski definition) is 0. The number of rotatable bonds is 5. The Morgan fingerprint density at radius 1 is 1.35 bits per heavy atom. The van der Waals surface area contributed by atoms with Crippen molar-refractivity contribution in [1.29, 1.82) is 0 Å². The molecule has 0 fully saturated rings. The van der Waals surface area contributed by atoms with Crippen molar-refractivity contribution in [2.75, 3.05) is 20.0 Å². The number of carbonyl (C=O) groups is 1. The minimum absolute atomic E-state index is 0.257. The molecule has 4 nitrogen and oxygen atoms in total. The summed E-state index contributed by atoms with van der Waals surface area (Å²) in [6, 6.07) is 11.4. The molecule has 0 aliphatic carbocycles. The van der Waals surface area contributed by atoms with Gasteiger partial charge in [0.25, 0.3) is 5.91 Å². The van der Waals surface area contributed by atoms with Crippen molar-refractivity contribution in [1.82, 2.24) is 4.57 Å². The standard InChI is InChI=1S/C19H19ClN2O2S2/c1-12-7-8-15(20)17-16(12)22(9-10-24-2)19(26-17)21-18(23)13-5-4-6-14(11-13)25-3/h4-8,11H,9-10H2,1-3H3. The van der Waals surface area contributed by atoms with Gasteiger partial charge in [0.15, 0.2) is 4.80 Å². The predicted octanol–water partition coefficient (Wildman–Crippen LogP) is 4.77. The van der Waals surface area contributed by atoms with Gasteiger partial charge < -0.3 is 9.30 Å². The smallest absolute Gasteiger partial charge is 0.279 e. The molecule has 0 bridgehead atoms. The second kappa shape index (κ2) is 8.39. The summed E-state index contributed by atoms with van der Waals surface area (Å²) >= 11 is 9.41. The minimum Gasteiger partial charge on any atom is -0.383 e. The maximum absolute atomic E-state index is 12.7. The highest BCUT2D eigenvalue weighted by molar-refractivity contribution is 7.98. The molecule has 0 spiro atoms. The molecule has 3 aromatic rings. The Balaban J connectivity index is 2.16. The second-order valence-corrected chi connectivity index (χ2v) is 7.98. The van der Waals surface area contributed by atoms with Gasteiger partial charge in [0.1, 0.15) is 0 Å². The van der Waals surface area contributed by atoms with E-state index in [1.807, 2.05) is 48.1 Å². The van der Waals surface area contributed by atoms with E-state index in [4.69, 9.17) is 16.3 Å². The van der Waals surface area contributed by atoms with Crippen molar-refractivity contribution >= 4 is 50.8 Å². The largest absolute Gasteiger partial charge is 0.383 e. The number of amides is 1. The molecule has 1 amide bonds. The molecule has 0 saturated heterocycles. The van der Waals surface area contributed by atoms with E-state index >= 15 is 0 Å². The number of aromatic nitrogens is 1. The number of benzene rings is 2. The van der Waals surface area contributed by atoms with Crippen LogP contribution in [0.1, 0.15) is 15.9 Å². The van der Waals surface area contributed by atoms with Crippen molar-refractivity contribution in [3.8, 4) is 0 Å². The molecule has 3 rings (SSSR count). The van der Waals surface area contributed by atoms with Crippen LogP contribution in [0, 0.1) is 6.92 Å². The van der Waals surface area contributed by atoms with E-state index in [-0.39, 0.29) is 5.91 Å². The van der Waals surface area contributed by atoms with E-state index < -0.39 is 0 Å². The van der Waals surface area contributed by atoms with Gasteiger partial charge in [0.2, 0.25) is 0 Å². The molecule has 1 heterocycles. The van der Waals surface area contributed by atoms with Gasteiger partial charge in [-0.15, -0.1) is 11.8 Å². The molecule has 0 saturated carbocycles. The number of ether oxygens (including phenoxy) is 1. The van der Waals surface area contributed by atoms with Crippen LogP contribution in [0.3, 0.4) is 0 Å². The summed E-state index contributed by atoms with van der Waals surface area (Å²) in [5.74, 6) is -0.257. The average molecular weight is 407 g/mol. The number of fused-ring (bicyclic) bond motifs is 1. The number of thioether (sulfide) groups is 1. The van der Waals surface area contributed by atoms with Gasteiger partial charge in [0.05, 0.1) is 21.8 Å². The first-order valence-electron chi connectivity index (χ1n) is 8.05. The van der Waals surface area contributed by atoms with E-state index in [0.717, 1.165) is 20.7 Å². The van der Waals surface area contributed by atoms with Crippen LogP contribution >= 0.6 is 34.7 Å². The Kier molecular flexibility index (Phi) is 6.19. The Morgan fingerprint density at radius 3 is 2.88 bits per heavy atom. The highest BCUT2D eigenvalue weighted by atomic mass is 35.5. The third kappa shape index (κ3) is 3.88. The van der Waals surface area contributed by atoms with E-state index in [2.05, 4.69) is 4.99 Å². The van der Waals surface area contributed by atoms with Crippen LogP contribution in [0.5, 0.6) is 0 Å². The normalized spacial score (nSPS) is 12.1. The Hall–Kier alpha value is -1.60. The van der Waals surface area contributed by atoms with Gasteiger partial charge in [-0.25, -0.2) is 0 Å². The highest BCUT2D eigenvalue weighted by Gasteiger charge is 2.13. The first-order valence-corrected chi connectivity index (χ1v) is 10.5. The zero-order valence-electron chi connectivity index (χ0n) is 14.8. The molecule has 0 aliphatic rings. The molecule has 136 valence electrons. The lowest BCUT2D eigenvalue weighted by Gasteiger charge is -2.07. The number of hydrogen-bond acceptors (Lipinski definition) is 4. The van der Waals surface area contributed by atoms with Crippen LogP contribution in [-0.2, 0) is 11.3 Å².